The Morgan fingerprint density at radius 1 is 1.15 bits per heavy atom. The first kappa shape index (κ1) is 18.1. The van der Waals surface area contributed by atoms with E-state index >= 15 is 0 Å². The van der Waals surface area contributed by atoms with Gasteiger partial charge in [-0.3, -0.25) is 9.78 Å². The molecule has 134 valence electrons. The summed E-state index contributed by atoms with van der Waals surface area (Å²) in [4.78, 5) is 29.3. The highest BCUT2D eigenvalue weighted by molar-refractivity contribution is 6.07. The normalized spacial score (nSPS) is 11.4. The minimum atomic E-state index is -0.913. The number of hydrogen-bond donors (Lipinski definition) is 1. The molecule has 3 rings (SSSR count). The van der Waals surface area contributed by atoms with E-state index < -0.39 is 17.9 Å². The summed E-state index contributed by atoms with van der Waals surface area (Å²) in [6.07, 6.45) is 1.71. The zero-order valence-corrected chi connectivity index (χ0v) is 14.7. The third-order valence-electron chi connectivity index (χ3n) is 4.25. The second-order valence-electron chi connectivity index (χ2n) is 5.90. The molecule has 0 bridgehead atoms. The van der Waals surface area contributed by atoms with E-state index in [1.807, 2.05) is 18.2 Å². The van der Waals surface area contributed by atoms with Crippen molar-refractivity contribution >= 4 is 22.8 Å². The zero-order valence-electron chi connectivity index (χ0n) is 14.7. The Hall–Kier alpha value is -3.72. The van der Waals surface area contributed by atoms with Crippen LogP contribution in [0, 0.1) is 11.3 Å². The van der Waals surface area contributed by atoms with E-state index in [2.05, 4.69) is 16.4 Å². The van der Waals surface area contributed by atoms with Gasteiger partial charge in [0, 0.05) is 18.0 Å². The standard InChI is InChI=1S/C21H17N3O3/c1-27-21(26)19(12-14-6-2-3-7-15(14)13-22)24-20(25)17-10-11-23-18-9-5-4-8-16(17)18/h2-11,19H,12H2,1H3,(H,24,25)/t19-/m0/s1. The second kappa shape index (κ2) is 8.11. The third kappa shape index (κ3) is 3.93. The van der Waals surface area contributed by atoms with Crippen molar-refractivity contribution in [3.63, 3.8) is 0 Å². The number of nitriles is 1. The van der Waals surface area contributed by atoms with Crippen LogP contribution in [0.4, 0.5) is 0 Å². The van der Waals surface area contributed by atoms with Crippen LogP contribution in [-0.4, -0.2) is 30.0 Å². The van der Waals surface area contributed by atoms with Gasteiger partial charge < -0.3 is 10.1 Å². The van der Waals surface area contributed by atoms with Crippen LogP contribution in [-0.2, 0) is 16.0 Å². The molecule has 0 radical (unpaired) electrons. The van der Waals surface area contributed by atoms with Crippen molar-refractivity contribution in [2.75, 3.05) is 7.11 Å². The van der Waals surface area contributed by atoms with Gasteiger partial charge in [-0.2, -0.15) is 5.26 Å². The quantitative estimate of drug-likeness (QED) is 0.707. The van der Waals surface area contributed by atoms with Gasteiger partial charge in [0.2, 0.25) is 0 Å². The van der Waals surface area contributed by atoms with Crippen LogP contribution in [0.5, 0.6) is 0 Å². The minimum Gasteiger partial charge on any atom is -0.467 e. The average Bonchev–Trinajstić information content (AvgIpc) is 2.72. The second-order valence-corrected chi connectivity index (χ2v) is 5.90. The van der Waals surface area contributed by atoms with E-state index in [0.29, 0.717) is 27.6 Å². The summed E-state index contributed by atoms with van der Waals surface area (Å²) in [6.45, 7) is 0. The van der Waals surface area contributed by atoms with Crippen LogP contribution in [0.3, 0.4) is 0 Å². The van der Waals surface area contributed by atoms with Crippen LogP contribution >= 0.6 is 0 Å². The molecule has 0 aliphatic rings. The van der Waals surface area contributed by atoms with Crippen molar-refractivity contribution < 1.29 is 14.3 Å². The molecule has 2 aromatic carbocycles. The van der Waals surface area contributed by atoms with Crippen LogP contribution in [0.15, 0.2) is 60.8 Å². The van der Waals surface area contributed by atoms with Crippen molar-refractivity contribution in [2.45, 2.75) is 12.5 Å². The summed E-state index contributed by atoms with van der Waals surface area (Å²) in [6, 6.07) is 17.0. The van der Waals surface area contributed by atoms with E-state index in [1.54, 1.807) is 42.6 Å². The number of esters is 1. The van der Waals surface area contributed by atoms with Gasteiger partial charge in [0.05, 0.1) is 29.8 Å². The summed E-state index contributed by atoms with van der Waals surface area (Å²) >= 11 is 0. The zero-order chi connectivity index (χ0) is 19.2. The molecule has 1 N–H and O–H groups in total. The molecular formula is C21H17N3O3. The topological polar surface area (TPSA) is 92.1 Å². The highest BCUT2D eigenvalue weighted by Gasteiger charge is 2.24. The number of hydrogen-bond acceptors (Lipinski definition) is 5. The molecule has 6 heteroatoms. The lowest BCUT2D eigenvalue weighted by Gasteiger charge is -2.18. The maximum absolute atomic E-state index is 12.8. The lowest BCUT2D eigenvalue weighted by Crippen LogP contribution is -2.43. The SMILES string of the molecule is COC(=O)[C@H](Cc1ccccc1C#N)NC(=O)c1ccnc2ccccc12. The molecule has 1 amide bonds. The summed E-state index contributed by atoms with van der Waals surface area (Å²) in [5, 5.41) is 12.7. The van der Waals surface area contributed by atoms with Gasteiger partial charge in [-0.15, -0.1) is 0 Å². The molecular weight excluding hydrogens is 342 g/mol. The Balaban J connectivity index is 1.89. The maximum Gasteiger partial charge on any atom is 0.328 e. The van der Waals surface area contributed by atoms with Crippen LogP contribution in [0.2, 0.25) is 0 Å². The number of carbonyl (C=O) groups excluding carboxylic acids is 2. The molecule has 0 fully saturated rings. The number of nitrogens with zero attached hydrogens (tertiary/aromatic N) is 2. The molecule has 0 spiro atoms. The van der Waals surface area contributed by atoms with Gasteiger partial charge in [0.25, 0.3) is 5.91 Å². The van der Waals surface area contributed by atoms with Crippen molar-refractivity contribution in [1.82, 2.24) is 10.3 Å². The molecule has 0 saturated carbocycles. The van der Waals surface area contributed by atoms with E-state index in [4.69, 9.17) is 4.74 Å². The highest BCUT2D eigenvalue weighted by Crippen LogP contribution is 2.17. The molecule has 1 atom stereocenters. The van der Waals surface area contributed by atoms with Gasteiger partial charge in [0.15, 0.2) is 0 Å². The highest BCUT2D eigenvalue weighted by atomic mass is 16.5. The minimum absolute atomic E-state index is 0.158. The fourth-order valence-electron chi connectivity index (χ4n) is 2.89. The van der Waals surface area contributed by atoms with Gasteiger partial charge in [0.1, 0.15) is 6.04 Å². The Labute approximate surface area is 156 Å². The predicted molar refractivity (Wildman–Crippen MR) is 99.9 cm³/mol. The van der Waals surface area contributed by atoms with Crippen molar-refractivity contribution in [3.8, 4) is 6.07 Å². The van der Waals surface area contributed by atoms with Gasteiger partial charge >= 0.3 is 5.97 Å². The average molecular weight is 359 g/mol. The van der Waals surface area contributed by atoms with Gasteiger partial charge in [-0.1, -0.05) is 36.4 Å². The number of amides is 1. The summed E-state index contributed by atoms with van der Waals surface area (Å²) in [7, 11) is 1.26. The van der Waals surface area contributed by atoms with E-state index in [0.717, 1.165) is 0 Å². The van der Waals surface area contributed by atoms with Gasteiger partial charge in [-0.05, 0) is 23.8 Å². The Kier molecular flexibility index (Phi) is 5.43. The molecule has 1 aromatic heterocycles. The van der Waals surface area contributed by atoms with Gasteiger partial charge in [-0.25, -0.2) is 4.79 Å². The van der Waals surface area contributed by atoms with Crippen molar-refractivity contribution in [1.29, 1.82) is 5.26 Å². The van der Waals surface area contributed by atoms with Crippen LogP contribution in [0.25, 0.3) is 10.9 Å². The third-order valence-corrected chi connectivity index (χ3v) is 4.25. The number of fused-ring (bicyclic) bond motifs is 1. The summed E-state index contributed by atoms with van der Waals surface area (Å²) in [5.74, 6) is -0.979. The van der Waals surface area contributed by atoms with Crippen molar-refractivity contribution in [2.24, 2.45) is 0 Å². The fourth-order valence-corrected chi connectivity index (χ4v) is 2.89. The Morgan fingerprint density at radius 3 is 2.67 bits per heavy atom. The number of methoxy groups -OCH3 is 1. The number of rotatable bonds is 5. The number of ether oxygens (including phenoxy) is 1. The van der Waals surface area contributed by atoms with E-state index in [9.17, 15) is 14.9 Å². The van der Waals surface area contributed by atoms with E-state index in [1.165, 1.54) is 7.11 Å². The Bertz CT molecular complexity index is 1030. The van der Waals surface area contributed by atoms with Crippen molar-refractivity contribution in [3.05, 3.63) is 77.5 Å². The molecule has 0 unspecified atom stereocenters. The monoisotopic (exact) mass is 359 g/mol. The predicted octanol–water partition coefficient (Wildman–Crippen LogP) is 2.62. The molecule has 3 aromatic rings. The number of pyridine rings is 1. The molecule has 0 aliphatic heterocycles. The first-order valence-electron chi connectivity index (χ1n) is 8.34. The Morgan fingerprint density at radius 2 is 1.89 bits per heavy atom. The summed E-state index contributed by atoms with van der Waals surface area (Å²) < 4.78 is 4.83. The fraction of sp³-hybridized carbons (Fsp3) is 0.143. The number of carbonyl (C=O) groups is 2. The van der Waals surface area contributed by atoms with Crippen LogP contribution < -0.4 is 5.32 Å². The molecule has 27 heavy (non-hydrogen) atoms. The lowest BCUT2D eigenvalue weighted by molar-refractivity contribution is -0.142. The van der Waals surface area contributed by atoms with Crippen LogP contribution in [0.1, 0.15) is 21.5 Å². The number of nitrogens with one attached hydrogen (secondary N) is 1. The molecule has 6 nitrogen and oxygen atoms in total. The number of benzene rings is 2. The molecule has 0 saturated heterocycles. The molecule has 1 heterocycles. The molecule has 0 aliphatic carbocycles. The smallest absolute Gasteiger partial charge is 0.328 e. The first-order valence-corrected chi connectivity index (χ1v) is 8.34. The lowest BCUT2D eigenvalue weighted by atomic mass is 10.00. The summed E-state index contributed by atoms with van der Waals surface area (Å²) in [5.41, 5.74) is 2.22. The van der Waals surface area contributed by atoms with E-state index in [-0.39, 0.29) is 6.42 Å². The number of aromatic nitrogens is 1. The number of para-hydroxylation sites is 1. The first-order chi connectivity index (χ1) is 13.1. The largest absolute Gasteiger partial charge is 0.467 e. The maximum atomic E-state index is 12.8.